The first kappa shape index (κ1) is 12.0. The monoisotopic (exact) mass is 247 g/mol. The lowest BCUT2D eigenvalue weighted by Gasteiger charge is -2.07. The molecule has 2 rings (SSSR count). The average Bonchev–Trinajstić information content (AvgIpc) is 2.81. The quantitative estimate of drug-likeness (QED) is 0.811. The Morgan fingerprint density at radius 3 is 3.00 bits per heavy atom. The van der Waals surface area contributed by atoms with Gasteiger partial charge in [-0.25, -0.2) is 9.78 Å². The van der Waals surface area contributed by atoms with Gasteiger partial charge in [0.1, 0.15) is 5.82 Å². The summed E-state index contributed by atoms with van der Waals surface area (Å²) >= 11 is 0. The molecule has 2 aromatic rings. The van der Waals surface area contributed by atoms with Crippen LogP contribution in [0.2, 0.25) is 0 Å². The minimum absolute atomic E-state index is 0.228. The van der Waals surface area contributed by atoms with Gasteiger partial charge in [0.05, 0.1) is 18.3 Å². The lowest BCUT2D eigenvalue weighted by Crippen LogP contribution is -2.12. The molecule has 7 heteroatoms. The van der Waals surface area contributed by atoms with Gasteiger partial charge in [-0.1, -0.05) is 5.21 Å². The summed E-state index contributed by atoms with van der Waals surface area (Å²) in [5.74, 6) is -0.410. The molecule has 0 aliphatic heterocycles. The minimum atomic E-state index is -0.958. The first-order valence-electron chi connectivity index (χ1n) is 5.45. The molecule has 0 radical (unpaired) electrons. The number of hydrogen-bond acceptors (Lipinski definition) is 5. The van der Waals surface area contributed by atoms with E-state index in [1.807, 2.05) is 0 Å². The van der Waals surface area contributed by atoms with Gasteiger partial charge in [0.2, 0.25) is 0 Å². The molecule has 7 nitrogen and oxygen atoms in total. The Morgan fingerprint density at radius 2 is 2.33 bits per heavy atom. The normalized spacial score (nSPS) is 10.3. The van der Waals surface area contributed by atoms with E-state index in [1.54, 1.807) is 24.0 Å². The molecule has 2 N–H and O–H groups in total. The third-order valence-corrected chi connectivity index (χ3v) is 2.32. The molecule has 0 saturated carbocycles. The van der Waals surface area contributed by atoms with Crippen LogP contribution in [0, 0.1) is 6.92 Å². The van der Waals surface area contributed by atoms with Gasteiger partial charge < -0.3 is 10.4 Å². The van der Waals surface area contributed by atoms with E-state index in [0.717, 1.165) is 0 Å². The van der Waals surface area contributed by atoms with Crippen molar-refractivity contribution in [2.45, 2.75) is 13.5 Å². The molecule has 0 aliphatic rings. The Balaban J connectivity index is 1.98. The molecule has 0 aliphatic carbocycles. The molecule has 0 atom stereocenters. The van der Waals surface area contributed by atoms with Gasteiger partial charge in [0.15, 0.2) is 0 Å². The standard InChI is InChI=1S/C11H13N5O2/c1-8-6-9(11(17)18)7-10(14-8)12-2-4-16-5-3-13-15-16/h3,5-7H,2,4H2,1H3,(H,12,14)(H,17,18). The molecule has 18 heavy (non-hydrogen) atoms. The van der Waals surface area contributed by atoms with E-state index in [2.05, 4.69) is 20.6 Å². The van der Waals surface area contributed by atoms with E-state index in [4.69, 9.17) is 5.11 Å². The highest BCUT2D eigenvalue weighted by atomic mass is 16.4. The van der Waals surface area contributed by atoms with Gasteiger partial charge in [-0.3, -0.25) is 4.68 Å². The van der Waals surface area contributed by atoms with Crippen molar-refractivity contribution in [3.05, 3.63) is 35.8 Å². The largest absolute Gasteiger partial charge is 0.478 e. The van der Waals surface area contributed by atoms with Crippen molar-refractivity contribution in [1.82, 2.24) is 20.0 Å². The summed E-state index contributed by atoms with van der Waals surface area (Å²) in [7, 11) is 0. The van der Waals surface area contributed by atoms with Crippen LogP contribution in [0.5, 0.6) is 0 Å². The van der Waals surface area contributed by atoms with E-state index in [1.165, 1.54) is 12.1 Å². The van der Waals surface area contributed by atoms with E-state index < -0.39 is 5.97 Å². The maximum atomic E-state index is 10.9. The average molecular weight is 247 g/mol. The maximum Gasteiger partial charge on any atom is 0.335 e. The fourth-order valence-corrected chi connectivity index (χ4v) is 1.53. The number of rotatable bonds is 5. The molecular formula is C11H13N5O2. The molecule has 0 bridgehead atoms. The second-order valence-electron chi connectivity index (χ2n) is 3.78. The number of carbonyl (C=O) groups is 1. The van der Waals surface area contributed by atoms with Crippen LogP contribution < -0.4 is 5.32 Å². The highest BCUT2D eigenvalue weighted by Gasteiger charge is 2.06. The molecule has 0 spiro atoms. The van der Waals surface area contributed by atoms with Crippen molar-refractivity contribution >= 4 is 11.8 Å². The van der Waals surface area contributed by atoms with Crippen LogP contribution in [0.3, 0.4) is 0 Å². The molecule has 0 fully saturated rings. The Kier molecular flexibility index (Phi) is 3.52. The summed E-state index contributed by atoms with van der Waals surface area (Å²) in [5, 5.41) is 19.5. The SMILES string of the molecule is Cc1cc(C(=O)O)cc(NCCn2ccnn2)n1. The molecule has 2 heterocycles. The van der Waals surface area contributed by atoms with Crippen molar-refractivity contribution in [2.75, 3.05) is 11.9 Å². The third-order valence-electron chi connectivity index (χ3n) is 2.32. The summed E-state index contributed by atoms with van der Waals surface area (Å²) in [6.45, 7) is 2.99. The van der Waals surface area contributed by atoms with Gasteiger partial charge in [-0.15, -0.1) is 5.10 Å². The van der Waals surface area contributed by atoms with Crippen LogP contribution in [0.25, 0.3) is 0 Å². The predicted octanol–water partition coefficient (Wildman–Crippen LogP) is 0.792. The zero-order valence-corrected chi connectivity index (χ0v) is 9.87. The first-order valence-corrected chi connectivity index (χ1v) is 5.45. The Morgan fingerprint density at radius 1 is 1.50 bits per heavy atom. The summed E-state index contributed by atoms with van der Waals surface area (Å²) in [6, 6.07) is 3.04. The van der Waals surface area contributed by atoms with Gasteiger partial charge in [-0.05, 0) is 19.1 Å². The lowest BCUT2D eigenvalue weighted by atomic mass is 10.2. The Labute approximate surface area is 103 Å². The van der Waals surface area contributed by atoms with Crippen LogP contribution in [0.15, 0.2) is 24.5 Å². The molecule has 2 aromatic heterocycles. The highest BCUT2D eigenvalue weighted by molar-refractivity contribution is 5.88. The summed E-state index contributed by atoms with van der Waals surface area (Å²) in [6.07, 6.45) is 3.36. The van der Waals surface area contributed by atoms with Crippen molar-refractivity contribution in [3.8, 4) is 0 Å². The van der Waals surface area contributed by atoms with Gasteiger partial charge in [0, 0.05) is 18.4 Å². The highest BCUT2D eigenvalue weighted by Crippen LogP contribution is 2.09. The second-order valence-corrected chi connectivity index (χ2v) is 3.78. The third kappa shape index (κ3) is 3.03. The second kappa shape index (κ2) is 5.26. The number of carboxylic acid groups (broad SMARTS) is 1. The number of nitrogens with one attached hydrogen (secondary N) is 1. The number of aryl methyl sites for hydroxylation is 1. The fourth-order valence-electron chi connectivity index (χ4n) is 1.53. The topological polar surface area (TPSA) is 92.9 Å². The minimum Gasteiger partial charge on any atom is -0.478 e. The van der Waals surface area contributed by atoms with E-state index in [0.29, 0.717) is 24.6 Å². The molecule has 0 saturated heterocycles. The van der Waals surface area contributed by atoms with E-state index in [-0.39, 0.29) is 5.56 Å². The molecule has 0 aromatic carbocycles. The number of carboxylic acids is 1. The zero-order valence-electron chi connectivity index (χ0n) is 9.87. The Hall–Kier alpha value is -2.44. The summed E-state index contributed by atoms with van der Waals surface area (Å²) < 4.78 is 1.68. The van der Waals surface area contributed by atoms with Gasteiger partial charge in [-0.2, -0.15) is 0 Å². The number of aromatic nitrogens is 4. The zero-order chi connectivity index (χ0) is 13.0. The fraction of sp³-hybridized carbons (Fsp3) is 0.273. The van der Waals surface area contributed by atoms with Crippen molar-refractivity contribution < 1.29 is 9.90 Å². The van der Waals surface area contributed by atoms with E-state index in [9.17, 15) is 4.79 Å². The number of aromatic carboxylic acids is 1. The van der Waals surface area contributed by atoms with Crippen LogP contribution in [-0.4, -0.2) is 37.6 Å². The number of nitrogens with zero attached hydrogens (tertiary/aromatic N) is 4. The molecule has 94 valence electrons. The molecular weight excluding hydrogens is 234 g/mol. The van der Waals surface area contributed by atoms with Crippen LogP contribution in [0.1, 0.15) is 16.1 Å². The Bertz CT molecular complexity index is 538. The van der Waals surface area contributed by atoms with E-state index >= 15 is 0 Å². The predicted molar refractivity (Wildman–Crippen MR) is 64.4 cm³/mol. The first-order chi connectivity index (χ1) is 8.65. The lowest BCUT2D eigenvalue weighted by molar-refractivity contribution is 0.0696. The van der Waals surface area contributed by atoms with Crippen molar-refractivity contribution in [3.63, 3.8) is 0 Å². The van der Waals surface area contributed by atoms with Crippen LogP contribution >= 0.6 is 0 Å². The van der Waals surface area contributed by atoms with Crippen LogP contribution in [0.4, 0.5) is 5.82 Å². The van der Waals surface area contributed by atoms with Crippen molar-refractivity contribution in [2.24, 2.45) is 0 Å². The maximum absolute atomic E-state index is 10.9. The summed E-state index contributed by atoms with van der Waals surface area (Å²) in [4.78, 5) is 15.1. The summed E-state index contributed by atoms with van der Waals surface area (Å²) in [5.41, 5.74) is 0.893. The van der Waals surface area contributed by atoms with Gasteiger partial charge >= 0.3 is 5.97 Å². The number of pyridine rings is 1. The number of anilines is 1. The number of hydrogen-bond donors (Lipinski definition) is 2. The molecule has 0 amide bonds. The van der Waals surface area contributed by atoms with Gasteiger partial charge in [0.25, 0.3) is 0 Å². The molecule has 0 unspecified atom stereocenters. The van der Waals surface area contributed by atoms with Crippen LogP contribution in [-0.2, 0) is 6.54 Å². The van der Waals surface area contributed by atoms with Crippen molar-refractivity contribution in [1.29, 1.82) is 0 Å². The smallest absolute Gasteiger partial charge is 0.335 e.